The summed E-state index contributed by atoms with van der Waals surface area (Å²) >= 11 is 0. The lowest BCUT2D eigenvalue weighted by Gasteiger charge is -2.00. The van der Waals surface area contributed by atoms with E-state index in [2.05, 4.69) is 0 Å². The lowest BCUT2D eigenvalue weighted by atomic mass is 10.1. The average Bonchev–Trinajstić information content (AvgIpc) is 1.98. The number of halogens is 1. The van der Waals surface area contributed by atoms with Gasteiger partial charge < -0.3 is 11.5 Å². The Hall–Kier alpha value is -1.09. The van der Waals surface area contributed by atoms with E-state index >= 15 is 0 Å². The fourth-order valence-corrected chi connectivity index (χ4v) is 0.893. The van der Waals surface area contributed by atoms with Gasteiger partial charge in [-0.2, -0.15) is 0 Å². The molecule has 0 radical (unpaired) electrons. The summed E-state index contributed by atoms with van der Waals surface area (Å²) in [6.07, 6.45) is 0.692. The Labute approximate surface area is 65.0 Å². The number of rotatable bonds is 2. The van der Waals surface area contributed by atoms with Gasteiger partial charge in [0.1, 0.15) is 5.82 Å². The molecule has 11 heavy (non-hydrogen) atoms. The molecular weight excluding hydrogens is 143 g/mol. The van der Waals surface area contributed by atoms with Crippen molar-refractivity contribution in [2.24, 2.45) is 5.73 Å². The van der Waals surface area contributed by atoms with E-state index < -0.39 is 0 Å². The van der Waals surface area contributed by atoms with Gasteiger partial charge in [-0.3, -0.25) is 0 Å². The van der Waals surface area contributed by atoms with Crippen LogP contribution < -0.4 is 11.5 Å². The highest BCUT2D eigenvalue weighted by atomic mass is 19.1. The van der Waals surface area contributed by atoms with Crippen molar-refractivity contribution in [2.75, 3.05) is 12.3 Å². The van der Waals surface area contributed by atoms with Gasteiger partial charge >= 0.3 is 0 Å². The predicted octanol–water partition coefficient (Wildman–Crippen LogP) is 0.909. The molecule has 0 aliphatic carbocycles. The van der Waals surface area contributed by atoms with Gasteiger partial charge in [0.2, 0.25) is 0 Å². The number of nitrogens with two attached hydrogens (primary N) is 2. The Morgan fingerprint density at radius 3 is 2.64 bits per heavy atom. The Bertz CT molecular complexity index is 248. The van der Waals surface area contributed by atoms with Crippen LogP contribution in [0.4, 0.5) is 10.1 Å². The highest BCUT2D eigenvalue weighted by Gasteiger charge is 1.97. The number of hydrogen-bond donors (Lipinski definition) is 2. The van der Waals surface area contributed by atoms with Crippen LogP contribution in [0.25, 0.3) is 0 Å². The summed E-state index contributed by atoms with van der Waals surface area (Å²) in [5.74, 6) is -0.365. The zero-order valence-electron chi connectivity index (χ0n) is 6.18. The van der Waals surface area contributed by atoms with E-state index in [0.717, 1.165) is 5.56 Å². The summed E-state index contributed by atoms with van der Waals surface area (Å²) in [5, 5.41) is 0. The van der Waals surface area contributed by atoms with Crippen molar-refractivity contribution in [3.8, 4) is 0 Å². The predicted molar refractivity (Wildman–Crippen MR) is 43.6 cm³/mol. The molecule has 0 heterocycles. The van der Waals surface area contributed by atoms with Gasteiger partial charge in [0.05, 0.1) is 5.69 Å². The second-order valence-electron chi connectivity index (χ2n) is 2.39. The smallest absolute Gasteiger partial charge is 0.146 e. The summed E-state index contributed by atoms with van der Waals surface area (Å²) in [5.41, 5.74) is 11.6. The van der Waals surface area contributed by atoms with Crippen LogP contribution in [0, 0.1) is 5.82 Å². The summed E-state index contributed by atoms with van der Waals surface area (Å²) in [4.78, 5) is 0. The van der Waals surface area contributed by atoms with Crippen molar-refractivity contribution in [2.45, 2.75) is 6.42 Å². The molecule has 1 aromatic carbocycles. The molecule has 0 amide bonds. The van der Waals surface area contributed by atoms with Gasteiger partial charge in [0, 0.05) is 0 Å². The third-order valence-corrected chi connectivity index (χ3v) is 1.50. The van der Waals surface area contributed by atoms with Crippen LogP contribution >= 0.6 is 0 Å². The minimum atomic E-state index is -0.365. The number of benzene rings is 1. The molecule has 60 valence electrons. The first-order valence-electron chi connectivity index (χ1n) is 3.48. The van der Waals surface area contributed by atoms with Gasteiger partial charge in [0.15, 0.2) is 0 Å². The van der Waals surface area contributed by atoms with Crippen LogP contribution in [-0.2, 0) is 6.42 Å². The highest BCUT2D eigenvalue weighted by Crippen LogP contribution is 2.11. The van der Waals surface area contributed by atoms with Crippen molar-refractivity contribution in [3.63, 3.8) is 0 Å². The normalized spacial score (nSPS) is 10.0. The maximum absolute atomic E-state index is 12.7. The standard InChI is InChI=1S/C8H11FN2/c9-7-5-6(3-4-10)1-2-8(7)11/h1-2,5H,3-4,10-11H2. The number of nitrogen functional groups attached to an aromatic ring is 1. The highest BCUT2D eigenvalue weighted by molar-refractivity contribution is 5.41. The molecule has 0 saturated carbocycles. The molecule has 0 aliphatic rings. The molecule has 4 N–H and O–H groups in total. The third-order valence-electron chi connectivity index (χ3n) is 1.50. The van der Waals surface area contributed by atoms with Crippen molar-refractivity contribution in [3.05, 3.63) is 29.6 Å². The van der Waals surface area contributed by atoms with E-state index in [1.807, 2.05) is 0 Å². The number of hydrogen-bond acceptors (Lipinski definition) is 2. The second-order valence-corrected chi connectivity index (χ2v) is 2.39. The van der Waals surface area contributed by atoms with Crippen LogP contribution in [0.2, 0.25) is 0 Å². The van der Waals surface area contributed by atoms with Gasteiger partial charge in [0.25, 0.3) is 0 Å². The molecule has 2 nitrogen and oxygen atoms in total. The first-order valence-corrected chi connectivity index (χ1v) is 3.48. The zero-order chi connectivity index (χ0) is 8.27. The van der Waals surface area contributed by atoms with E-state index in [4.69, 9.17) is 11.5 Å². The molecule has 3 heteroatoms. The fourth-order valence-electron chi connectivity index (χ4n) is 0.893. The lowest BCUT2D eigenvalue weighted by molar-refractivity contribution is 0.630. The van der Waals surface area contributed by atoms with Crippen LogP contribution in [0.3, 0.4) is 0 Å². The minimum Gasteiger partial charge on any atom is -0.396 e. The molecule has 1 rings (SSSR count). The molecule has 0 aliphatic heterocycles. The summed E-state index contributed by atoms with van der Waals surface area (Å²) < 4.78 is 12.7. The van der Waals surface area contributed by atoms with E-state index in [9.17, 15) is 4.39 Å². The monoisotopic (exact) mass is 154 g/mol. The van der Waals surface area contributed by atoms with E-state index in [0.29, 0.717) is 13.0 Å². The van der Waals surface area contributed by atoms with Gasteiger partial charge in [-0.15, -0.1) is 0 Å². The molecule has 0 spiro atoms. The molecule has 0 saturated heterocycles. The molecular formula is C8H11FN2. The van der Waals surface area contributed by atoms with Crippen LogP contribution in [0.15, 0.2) is 18.2 Å². The van der Waals surface area contributed by atoms with Crippen LogP contribution in [0.5, 0.6) is 0 Å². The Morgan fingerprint density at radius 1 is 1.36 bits per heavy atom. The lowest BCUT2D eigenvalue weighted by Crippen LogP contribution is -2.03. The average molecular weight is 154 g/mol. The van der Waals surface area contributed by atoms with Crippen molar-refractivity contribution < 1.29 is 4.39 Å². The molecule has 0 fully saturated rings. The zero-order valence-corrected chi connectivity index (χ0v) is 6.18. The van der Waals surface area contributed by atoms with Crippen molar-refractivity contribution in [1.82, 2.24) is 0 Å². The largest absolute Gasteiger partial charge is 0.396 e. The SMILES string of the molecule is NCCc1ccc(N)c(F)c1. The van der Waals surface area contributed by atoms with Crippen LogP contribution in [-0.4, -0.2) is 6.54 Å². The summed E-state index contributed by atoms with van der Waals surface area (Å²) in [6, 6.07) is 4.76. The van der Waals surface area contributed by atoms with Gasteiger partial charge in [-0.05, 0) is 30.7 Å². The Morgan fingerprint density at radius 2 is 2.09 bits per heavy atom. The van der Waals surface area contributed by atoms with Crippen LogP contribution in [0.1, 0.15) is 5.56 Å². The Balaban J connectivity index is 2.86. The van der Waals surface area contributed by atoms with Crippen molar-refractivity contribution in [1.29, 1.82) is 0 Å². The fraction of sp³-hybridized carbons (Fsp3) is 0.250. The second kappa shape index (κ2) is 3.34. The molecule has 0 unspecified atom stereocenters. The third kappa shape index (κ3) is 1.91. The van der Waals surface area contributed by atoms with E-state index in [1.165, 1.54) is 6.07 Å². The molecule has 0 atom stereocenters. The summed E-state index contributed by atoms with van der Waals surface area (Å²) in [7, 11) is 0. The van der Waals surface area contributed by atoms with Crippen molar-refractivity contribution >= 4 is 5.69 Å². The van der Waals surface area contributed by atoms with E-state index in [-0.39, 0.29) is 11.5 Å². The first kappa shape index (κ1) is 8.01. The first-order chi connectivity index (χ1) is 5.24. The topological polar surface area (TPSA) is 52.0 Å². The molecule has 0 aromatic heterocycles. The molecule has 1 aromatic rings. The van der Waals surface area contributed by atoms with E-state index in [1.54, 1.807) is 12.1 Å². The minimum absolute atomic E-state index is 0.186. The van der Waals surface area contributed by atoms with Gasteiger partial charge in [-0.1, -0.05) is 6.07 Å². The maximum atomic E-state index is 12.7. The molecule has 0 bridgehead atoms. The Kier molecular flexibility index (Phi) is 2.44. The van der Waals surface area contributed by atoms with Gasteiger partial charge in [-0.25, -0.2) is 4.39 Å². The maximum Gasteiger partial charge on any atom is 0.146 e. The summed E-state index contributed by atoms with van der Waals surface area (Å²) in [6.45, 7) is 0.531. The number of anilines is 1. The quantitative estimate of drug-likeness (QED) is 0.622.